The van der Waals surface area contributed by atoms with Crippen LogP contribution in [0.15, 0.2) is 48.7 Å². The largest absolute Gasteiger partial charge is 0.497 e. The predicted octanol–water partition coefficient (Wildman–Crippen LogP) is 3.65. The van der Waals surface area contributed by atoms with Gasteiger partial charge in [-0.1, -0.05) is 18.2 Å². The molecule has 180 valence electrons. The summed E-state index contributed by atoms with van der Waals surface area (Å²) in [6, 6.07) is 13.9. The lowest BCUT2D eigenvalue weighted by molar-refractivity contribution is -0.122. The lowest BCUT2D eigenvalue weighted by Crippen LogP contribution is -2.26. The Labute approximate surface area is 208 Å². The van der Waals surface area contributed by atoms with Gasteiger partial charge in [-0.25, -0.2) is 0 Å². The van der Waals surface area contributed by atoms with Gasteiger partial charge in [0.15, 0.2) is 0 Å². The first kappa shape index (κ1) is 23.2. The van der Waals surface area contributed by atoms with Crippen molar-refractivity contribution >= 4 is 57.2 Å². The molecule has 3 N–H and O–H groups in total. The molecule has 0 spiro atoms. The number of para-hydroxylation sites is 1. The summed E-state index contributed by atoms with van der Waals surface area (Å²) in [5.74, 6) is 0.322. The Morgan fingerprint density at radius 3 is 2.60 bits per heavy atom. The second kappa shape index (κ2) is 8.59. The van der Waals surface area contributed by atoms with Crippen LogP contribution in [-0.2, 0) is 29.6 Å². The first-order valence-corrected chi connectivity index (χ1v) is 11.6. The predicted molar refractivity (Wildman–Crippen MR) is 139 cm³/mol. The number of hydrogen-bond acceptors (Lipinski definition) is 4. The third kappa shape index (κ3) is 3.38. The molecule has 7 nitrogen and oxygen atoms in total. The Hall–Kier alpha value is -3.55. The number of carbonyl (C=O) groups excluding carboxylic acids is 2. The van der Waals surface area contributed by atoms with Crippen molar-refractivity contribution in [2.24, 2.45) is 18.7 Å². The quantitative estimate of drug-likeness (QED) is 0.427. The molecule has 2 aromatic heterocycles. The highest BCUT2D eigenvalue weighted by atomic mass is 35.5. The van der Waals surface area contributed by atoms with Crippen molar-refractivity contribution in [1.29, 1.82) is 0 Å². The molecule has 2 amide bonds. The summed E-state index contributed by atoms with van der Waals surface area (Å²) in [5.41, 5.74) is 11.6. The topological polar surface area (TPSA) is 91.3 Å². The van der Waals surface area contributed by atoms with Crippen LogP contribution in [0.4, 0.5) is 0 Å². The van der Waals surface area contributed by atoms with Crippen LogP contribution < -0.4 is 15.8 Å². The van der Waals surface area contributed by atoms with Gasteiger partial charge in [0.2, 0.25) is 0 Å². The molecule has 0 fully saturated rings. The number of fused-ring (bicyclic) bond motifs is 4. The van der Waals surface area contributed by atoms with Gasteiger partial charge in [0.1, 0.15) is 5.75 Å². The highest BCUT2D eigenvalue weighted by molar-refractivity contribution is 6.51. The SMILES string of the molecule is COc1ccc2c(c1)c(C1=C(c3cn(C)c4ccccc34)C(=O)NC1=O)c1n2CCC(CN)C1.Cl. The number of halogens is 1. The number of nitrogens with zero attached hydrogens (tertiary/aromatic N) is 2. The molecular formula is C27H27ClN4O3. The maximum atomic E-state index is 13.4. The molecule has 0 radical (unpaired) electrons. The molecular weight excluding hydrogens is 464 g/mol. The van der Waals surface area contributed by atoms with E-state index in [1.165, 1.54) is 0 Å². The molecule has 8 heteroatoms. The number of aryl methyl sites for hydroxylation is 2. The van der Waals surface area contributed by atoms with Gasteiger partial charge in [0.05, 0.1) is 18.3 Å². The van der Waals surface area contributed by atoms with E-state index in [2.05, 4.69) is 9.88 Å². The second-order valence-corrected chi connectivity index (χ2v) is 9.16. The highest BCUT2D eigenvalue weighted by Gasteiger charge is 2.38. The van der Waals surface area contributed by atoms with Crippen LogP contribution >= 0.6 is 12.4 Å². The molecule has 4 aromatic rings. The van der Waals surface area contributed by atoms with Crippen molar-refractivity contribution in [2.45, 2.75) is 19.4 Å². The Balaban J connectivity index is 0.00000253. The summed E-state index contributed by atoms with van der Waals surface area (Å²) in [6.07, 6.45) is 3.68. The fourth-order valence-electron chi connectivity index (χ4n) is 5.64. The summed E-state index contributed by atoms with van der Waals surface area (Å²) in [4.78, 5) is 26.6. The molecule has 1 unspecified atom stereocenters. The molecule has 35 heavy (non-hydrogen) atoms. The van der Waals surface area contributed by atoms with E-state index in [1.54, 1.807) is 7.11 Å². The zero-order valence-corrected chi connectivity index (χ0v) is 20.4. The van der Waals surface area contributed by atoms with Gasteiger partial charge in [-0.2, -0.15) is 0 Å². The average molecular weight is 491 g/mol. The van der Waals surface area contributed by atoms with Crippen molar-refractivity contribution in [2.75, 3.05) is 13.7 Å². The first-order chi connectivity index (χ1) is 16.5. The molecule has 0 saturated carbocycles. The number of amides is 2. The van der Waals surface area contributed by atoms with E-state index in [9.17, 15) is 9.59 Å². The zero-order chi connectivity index (χ0) is 23.6. The normalized spacial score (nSPS) is 17.6. The van der Waals surface area contributed by atoms with Crippen LogP contribution in [-0.4, -0.2) is 34.6 Å². The van der Waals surface area contributed by atoms with E-state index in [4.69, 9.17) is 10.5 Å². The number of ether oxygens (including phenoxy) is 1. The van der Waals surface area contributed by atoms with Crippen molar-refractivity contribution in [1.82, 2.24) is 14.5 Å². The van der Waals surface area contributed by atoms with Gasteiger partial charge in [-0.05, 0) is 49.6 Å². The highest BCUT2D eigenvalue weighted by Crippen LogP contribution is 2.43. The number of carbonyl (C=O) groups is 2. The standard InChI is InChI=1S/C27H26N4O3.ClH/c1-30-14-19(17-5-3-4-6-20(17)30)24-25(27(33)29-26(24)32)23-18-12-16(34-2)7-8-21(18)31-10-9-15(13-28)11-22(23)31;/h3-8,12,14-15H,9-11,13,28H2,1-2H3,(H,29,32,33);1H. The van der Waals surface area contributed by atoms with Gasteiger partial charge in [0.25, 0.3) is 11.8 Å². The Morgan fingerprint density at radius 2 is 1.83 bits per heavy atom. The van der Waals surface area contributed by atoms with E-state index in [0.717, 1.165) is 58.0 Å². The van der Waals surface area contributed by atoms with E-state index in [1.807, 2.05) is 60.3 Å². The lowest BCUT2D eigenvalue weighted by Gasteiger charge is -2.24. The molecule has 0 bridgehead atoms. The van der Waals surface area contributed by atoms with E-state index < -0.39 is 0 Å². The molecule has 6 rings (SSSR count). The number of aromatic nitrogens is 2. The molecule has 4 heterocycles. The summed E-state index contributed by atoms with van der Waals surface area (Å²) in [5, 5.41) is 4.44. The van der Waals surface area contributed by atoms with E-state index in [-0.39, 0.29) is 24.2 Å². The maximum Gasteiger partial charge on any atom is 0.259 e. The van der Waals surface area contributed by atoms with E-state index >= 15 is 0 Å². The van der Waals surface area contributed by atoms with Gasteiger partial charge in [-0.3, -0.25) is 14.9 Å². The van der Waals surface area contributed by atoms with Crippen molar-refractivity contribution in [3.63, 3.8) is 0 Å². The van der Waals surface area contributed by atoms with Gasteiger partial charge in [-0.15, -0.1) is 12.4 Å². The van der Waals surface area contributed by atoms with Crippen LogP contribution in [0.2, 0.25) is 0 Å². The smallest absolute Gasteiger partial charge is 0.259 e. The number of rotatable bonds is 4. The van der Waals surface area contributed by atoms with Crippen LogP contribution in [0.25, 0.3) is 33.0 Å². The van der Waals surface area contributed by atoms with Crippen molar-refractivity contribution in [3.05, 3.63) is 65.5 Å². The monoisotopic (exact) mass is 490 g/mol. The van der Waals surface area contributed by atoms with Crippen LogP contribution in [0.3, 0.4) is 0 Å². The summed E-state index contributed by atoms with van der Waals surface area (Å²) >= 11 is 0. The second-order valence-electron chi connectivity index (χ2n) is 9.16. The minimum absolute atomic E-state index is 0. The van der Waals surface area contributed by atoms with Crippen molar-refractivity contribution < 1.29 is 14.3 Å². The number of nitrogens with one attached hydrogen (secondary N) is 1. The van der Waals surface area contributed by atoms with Gasteiger partial charge >= 0.3 is 0 Å². The summed E-state index contributed by atoms with van der Waals surface area (Å²) < 4.78 is 9.79. The average Bonchev–Trinajstić information content (AvgIpc) is 3.46. The summed E-state index contributed by atoms with van der Waals surface area (Å²) in [7, 11) is 3.58. The number of methoxy groups -OCH3 is 1. The molecule has 2 aliphatic rings. The van der Waals surface area contributed by atoms with Crippen LogP contribution in [0.1, 0.15) is 23.2 Å². The number of hydrogen-bond donors (Lipinski definition) is 2. The van der Waals surface area contributed by atoms with Gasteiger partial charge < -0.3 is 19.6 Å². The minimum atomic E-state index is -0.362. The number of imide groups is 1. The minimum Gasteiger partial charge on any atom is -0.497 e. The Kier molecular flexibility index (Phi) is 5.69. The zero-order valence-electron chi connectivity index (χ0n) is 19.6. The molecule has 1 atom stereocenters. The fraction of sp³-hybridized carbons (Fsp3) is 0.259. The summed E-state index contributed by atoms with van der Waals surface area (Å²) in [6.45, 7) is 1.41. The van der Waals surface area contributed by atoms with Crippen LogP contribution in [0.5, 0.6) is 5.75 Å². The number of benzene rings is 2. The maximum absolute atomic E-state index is 13.4. The lowest BCUT2D eigenvalue weighted by atomic mass is 9.89. The van der Waals surface area contributed by atoms with Crippen LogP contribution in [0, 0.1) is 5.92 Å². The molecule has 0 saturated heterocycles. The third-order valence-corrected chi connectivity index (χ3v) is 7.30. The van der Waals surface area contributed by atoms with Gasteiger partial charge in [0, 0.05) is 58.4 Å². The Bertz CT molecular complexity index is 1550. The third-order valence-electron chi connectivity index (χ3n) is 7.30. The fourth-order valence-corrected chi connectivity index (χ4v) is 5.64. The molecule has 2 aromatic carbocycles. The first-order valence-electron chi connectivity index (χ1n) is 11.6. The Morgan fingerprint density at radius 1 is 1.06 bits per heavy atom. The van der Waals surface area contributed by atoms with Crippen molar-refractivity contribution in [3.8, 4) is 5.75 Å². The molecule has 2 aliphatic heterocycles. The number of nitrogens with two attached hydrogens (primary N) is 1. The van der Waals surface area contributed by atoms with E-state index in [0.29, 0.717) is 29.4 Å². The molecule has 0 aliphatic carbocycles.